The number of hydrogen-bond acceptors (Lipinski definition) is 2. The zero-order chi connectivity index (χ0) is 22.2. The second-order valence-corrected chi connectivity index (χ2v) is 11.1. The van der Waals surface area contributed by atoms with Gasteiger partial charge < -0.3 is 0 Å². The Morgan fingerprint density at radius 1 is 0.353 bits per heavy atom. The van der Waals surface area contributed by atoms with Crippen LogP contribution in [-0.2, 0) is 0 Å². The van der Waals surface area contributed by atoms with E-state index < -0.39 is 0 Å². The van der Waals surface area contributed by atoms with Gasteiger partial charge in [-0.25, -0.2) is 0 Å². The third kappa shape index (κ3) is 2.47. The molecule has 0 N–H and O–H groups in total. The van der Waals surface area contributed by atoms with Gasteiger partial charge in [0, 0.05) is 51.5 Å². The third-order valence-electron chi connectivity index (χ3n) is 7.03. The highest BCUT2D eigenvalue weighted by atomic mass is 32.1. The molecule has 34 heavy (non-hydrogen) atoms. The van der Waals surface area contributed by atoms with Gasteiger partial charge in [-0.2, -0.15) is 0 Å². The summed E-state index contributed by atoms with van der Waals surface area (Å²) in [6, 6.07) is 40.3. The predicted octanol–water partition coefficient (Wildman–Crippen LogP) is 10.4. The van der Waals surface area contributed by atoms with E-state index in [0.29, 0.717) is 0 Å². The van der Waals surface area contributed by atoms with Crippen molar-refractivity contribution in [1.82, 2.24) is 0 Å². The van der Waals surface area contributed by atoms with Gasteiger partial charge in [0.1, 0.15) is 0 Å². The summed E-state index contributed by atoms with van der Waals surface area (Å²) in [6.07, 6.45) is 0. The molecule has 2 aromatic heterocycles. The van der Waals surface area contributed by atoms with Gasteiger partial charge in [0.05, 0.1) is 0 Å². The molecule has 0 aliphatic heterocycles. The summed E-state index contributed by atoms with van der Waals surface area (Å²) in [5.74, 6) is 0. The van der Waals surface area contributed by atoms with Crippen LogP contribution in [0.3, 0.4) is 0 Å². The molecule has 0 saturated heterocycles. The predicted molar refractivity (Wildman–Crippen MR) is 153 cm³/mol. The fourth-order valence-corrected chi connectivity index (χ4v) is 7.95. The van der Waals surface area contributed by atoms with E-state index in [1.54, 1.807) is 0 Å². The van der Waals surface area contributed by atoms with Gasteiger partial charge in [-0.1, -0.05) is 84.9 Å². The zero-order valence-corrected chi connectivity index (χ0v) is 19.8. The van der Waals surface area contributed by atoms with Crippen molar-refractivity contribution in [3.8, 4) is 11.1 Å². The van der Waals surface area contributed by atoms with Gasteiger partial charge in [-0.15, -0.1) is 22.7 Å². The molecule has 0 spiro atoms. The Balaban J connectivity index is 1.74. The first kappa shape index (κ1) is 18.7. The molecule has 0 atom stereocenters. The van der Waals surface area contributed by atoms with E-state index in [1.807, 2.05) is 22.7 Å². The fourth-order valence-electron chi connectivity index (χ4n) is 5.62. The lowest BCUT2D eigenvalue weighted by Gasteiger charge is -2.15. The molecular formula is C32H18S2. The Kier molecular flexibility index (Phi) is 3.79. The van der Waals surface area contributed by atoms with E-state index in [9.17, 15) is 0 Å². The SMILES string of the molecule is c1ccc2c(-c3c4ccccc4cc4sc5ccccc5c34)c3c(cc2c1)sc1ccccc13. The highest BCUT2D eigenvalue weighted by molar-refractivity contribution is 7.26. The smallest absolute Gasteiger partial charge is 0.0368 e. The summed E-state index contributed by atoms with van der Waals surface area (Å²) in [5, 5.41) is 10.7. The maximum atomic E-state index is 2.38. The van der Waals surface area contributed by atoms with Crippen LogP contribution < -0.4 is 0 Å². The molecule has 0 aliphatic rings. The lowest BCUT2D eigenvalue weighted by molar-refractivity contribution is 1.77. The van der Waals surface area contributed by atoms with Gasteiger partial charge in [-0.05, 0) is 45.8 Å². The largest absolute Gasteiger partial charge is 0.135 e. The van der Waals surface area contributed by atoms with E-state index in [1.165, 1.54) is 73.0 Å². The van der Waals surface area contributed by atoms with Gasteiger partial charge in [-0.3, -0.25) is 0 Å². The highest BCUT2D eigenvalue weighted by Crippen LogP contribution is 2.50. The van der Waals surface area contributed by atoms with Crippen LogP contribution in [0.15, 0.2) is 109 Å². The first-order valence-electron chi connectivity index (χ1n) is 11.5. The van der Waals surface area contributed by atoms with Crippen LogP contribution in [0, 0.1) is 0 Å². The van der Waals surface area contributed by atoms with Crippen molar-refractivity contribution >= 4 is 84.6 Å². The molecule has 0 bridgehead atoms. The molecule has 0 saturated carbocycles. The Labute approximate surface area is 204 Å². The molecule has 0 radical (unpaired) electrons. The van der Waals surface area contributed by atoms with Gasteiger partial charge >= 0.3 is 0 Å². The number of fused-ring (bicyclic) bond motifs is 8. The molecule has 2 heterocycles. The first-order chi connectivity index (χ1) is 16.9. The maximum Gasteiger partial charge on any atom is 0.0368 e. The van der Waals surface area contributed by atoms with Crippen LogP contribution in [0.4, 0.5) is 0 Å². The fraction of sp³-hybridized carbons (Fsp3) is 0. The Morgan fingerprint density at radius 3 is 1.21 bits per heavy atom. The molecule has 0 aliphatic carbocycles. The quantitative estimate of drug-likeness (QED) is 0.226. The van der Waals surface area contributed by atoms with E-state index in [0.717, 1.165) is 0 Å². The first-order valence-corrected chi connectivity index (χ1v) is 13.2. The van der Waals surface area contributed by atoms with E-state index >= 15 is 0 Å². The normalized spacial score (nSPS) is 12.1. The van der Waals surface area contributed by atoms with Crippen LogP contribution in [0.2, 0.25) is 0 Å². The van der Waals surface area contributed by atoms with Gasteiger partial charge in [0.15, 0.2) is 0 Å². The number of hydrogen-bond donors (Lipinski definition) is 0. The van der Waals surface area contributed by atoms with E-state index in [4.69, 9.17) is 0 Å². The average molecular weight is 467 g/mol. The second-order valence-electron chi connectivity index (χ2n) is 8.89. The van der Waals surface area contributed by atoms with Crippen LogP contribution in [0.25, 0.3) is 73.0 Å². The minimum atomic E-state index is 1.30. The molecule has 0 nitrogen and oxygen atoms in total. The topological polar surface area (TPSA) is 0 Å². The highest BCUT2D eigenvalue weighted by Gasteiger charge is 2.21. The molecular weight excluding hydrogens is 448 g/mol. The number of rotatable bonds is 1. The Morgan fingerprint density at radius 2 is 0.735 bits per heavy atom. The lowest BCUT2D eigenvalue weighted by Crippen LogP contribution is -1.88. The molecule has 8 rings (SSSR count). The summed E-state index contributed by atoms with van der Waals surface area (Å²) < 4.78 is 5.41. The molecule has 2 heteroatoms. The summed E-state index contributed by atoms with van der Waals surface area (Å²) in [5.41, 5.74) is 2.74. The summed E-state index contributed by atoms with van der Waals surface area (Å²) >= 11 is 3.81. The standard InChI is InChI=1S/C32H18S2/c1-3-11-21-19(9-1)17-27-29(23-13-5-7-15-25(23)33-27)31(21)32-22-12-4-2-10-20(22)18-28-30(32)24-14-6-8-16-26(24)34-28/h1-18H. The Hall–Kier alpha value is -3.72. The van der Waals surface area contributed by atoms with Crippen LogP contribution in [0.1, 0.15) is 0 Å². The molecule has 0 unspecified atom stereocenters. The minimum absolute atomic E-state index is 1.30. The van der Waals surface area contributed by atoms with E-state index in [-0.39, 0.29) is 0 Å². The third-order valence-corrected chi connectivity index (χ3v) is 9.26. The average Bonchev–Trinajstić information content (AvgIpc) is 3.44. The molecule has 8 aromatic rings. The molecule has 6 aromatic carbocycles. The zero-order valence-electron chi connectivity index (χ0n) is 18.2. The molecule has 0 fully saturated rings. The molecule has 0 amide bonds. The van der Waals surface area contributed by atoms with Crippen molar-refractivity contribution in [2.24, 2.45) is 0 Å². The van der Waals surface area contributed by atoms with Crippen LogP contribution in [0.5, 0.6) is 0 Å². The van der Waals surface area contributed by atoms with Crippen molar-refractivity contribution in [1.29, 1.82) is 0 Å². The lowest BCUT2D eigenvalue weighted by atomic mass is 9.87. The summed E-state index contributed by atoms with van der Waals surface area (Å²) in [4.78, 5) is 0. The summed E-state index contributed by atoms with van der Waals surface area (Å²) in [6.45, 7) is 0. The van der Waals surface area contributed by atoms with Gasteiger partial charge in [0.2, 0.25) is 0 Å². The maximum absolute atomic E-state index is 2.38. The second kappa shape index (κ2) is 6.89. The van der Waals surface area contributed by atoms with Crippen molar-refractivity contribution in [2.45, 2.75) is 0 Å². The van der Waals surface area contributed by atoms with Gasteiger partial charge in [0.25, 0.3) is 0 Å². The van der Waals surface area contributed by atoms with Crippen molar-refractivity contribution in [3.05, 3.63) is 109 Å². The number of thiophene rings is 2. The summed E-state index contributed by atoms with van der Waals surface area (Å²) in [7, 11) is 0. The van der Waals surface area contributed by atoms with Crippen LogP contribution in [-0.4, -0.2) is 0 Å². The van der Waals surface area contributed by atoms with Crippen molar-refractivity contribution < 1.29 is 0 Å². The molecule has 158 valence electrons. The minimum Gasteiger partial charge on any atom is -0.135 e. The van der Waals surface area contributed by atoms with E-state index in [2.05, 4.69) is 109 Å². The van der Waals surface area contributed by atoms with Crippen molar-refractivity contribution in [3.63, 3.8) is 0 Å². The van der Waals surface area contributed by atoms with Crippen LogP contribution >= 0.6 is 22.7 Å². The monoisotopic (exact) mass is 466 g/mol. The number of benzene rings is 6. The Bertz CT molecular complexity index is 1920. The van der Waals surface area contributed by atoms with Crippen molar-refractivity contribution in [2.75, 3.05) is 0 Å².